The van der Waals surface area contributed by atoms with Crippen molar-refractivity contribution in [1.29, 1.82) is 0 Å². The summed E-state index contributed by atoms with van der Waals surface area (Å²) in [5, 5.41) is 22.1. The molecule has 1 aromatic rings. The summed E-state index contributed by atoms with van der Waals surface area (Å²) >= 11 is 0. The number of hydrogen-bond acceptors (Lipinski definition) is 7. The van der Waals surface area contributed by atoms with Gasteiger partial charge in [0.05, 0.1) is 13.2 Å². The Kier molecular flexibility index (Phi) is 2.59. The molecule has 8 nitrogen and oxygen atoms in total. The molecule has 0 unspecified atom stereocenters. The Morgan fingerprint density at radius 3 is 3.17 bits per heavy atom. The van der Waals surface area contributed by atoms with Gasteiger partial charge in [-0.3, -0.25) is 4.98 Å². The van der Waals surface area contributed by atoms with E-state index in [9.17, 15) is 15.0 Å². The van der Waals surface area contributed by atoms with Crippen LogP contribution in [0.1, 0.15) is 0 Å². The van der Waals surface area contributed by atoms with Crippen LogP contribution in [0.25, 0.3) is 0 Å². The van der Waals surface area contributed by atoms with E-state index in [-0.39, 0.29) is 13.2 Å². The van der Waals surface area contributed by atoms with Gasteiger partial charge in [0.15, 0.2) is 6.23 Å². The lowest BCUT2D eigenvalue weighted by Crippen LogP contribution is -2.45. The lowest BCUT2D eigenvalue weighted by Gasteiger charge is -2.29. The average molecular weight is 255 g/mol. The highest BCUT2D eigenvalue weighted by molar-refractivity contribution is 5.34. The summed E-state index contributed by atoms with van der Waals surface area (Å²) in [6.07, 6.45) is -0.741. The van der Waals surface area contributed by atoms with E-state index < -0.39 is 29.7 Å². The van der Waals surface area contributed by atoms with Crippen molar-refractivity contribution in [2.75, 3.05) is 18.5 Å². The standard InChI is InChI=1S/C10H13N3O5/c14-3-10-4-17-6(7(10)15)8(18-10)12-5-1-2-11-9(16)13-5/h1-2,6-8,14-15H,3-4H2,(H2,11,12,13,16)/t6-,7+,8-,10+/m1/s1. The van der Waals surface area contributed by atoms with Crippen LogP contribution >= 0.6 is 0 Å². The maximum absolute atomic E-state index is 11.0. The van der Waals surface area contributed by atoms with Crippen LogP contribution < -0.4 is 11.0 Å². The average Bonchev–Trinajstić information content (AvgIpc) is 2.81. The summed E-state index contributed by atoms with van der Waals surface area (Å²) < 4.78 is 10.9. The molecule has 2 aliphatic heterocycles. The van der Waals surface area contributed by atoms with Crippen molar-refractivity contribution >= 4 is 5.82 Å². The van der Waals surface area contributed by atoms with Gasteiger partial charge in [-0.1, -0.05) is 0 Å². The van der Waals surface area contributed by atoms with Crippen LogP contribution in [-0.2, 0) is 9.47 Å². The molecule has 0 radical (unpaired) electrons. The van der Waals surface area contributed by atoms with Gasteiger partial charge in [0.25, 0.3) is 0 Å². The summed E-state index contributed by atoms with van der Waals surface area (Å²) in [5.74, 6) is 0.413. The van der Waals surface area contributed by atoms with Crippen LogP contribution in [0.5, 0.6) is 0 Å². The number of hydrogen-bond donors (Lipinski definition) is 4. The predicted molar refractivity (Wildman–Crippen MR) is 58.9 cm³/mol. The van der Waals surface area contributed by atoms with Gasteiger partial charge < -0.3 is 25.0 Å². The molecule has 2 fully saturated rings. The van der Waals surface area contributed by atoms with Crippen molar-refractivity contribution in [3.05, 3.63) is 22.7 Å². The number of fused-ring (bicyclic) bond motifs is 2. The SMILES string of the molecule is O=c1nccc(N[C@@H]2O[C@@]3(CO)CO[C@@H]2[C@@H]3O)[nH]1. The van der Waals surface area contributed by atoms with Crippen LogP contribution in [0.4, 0.5) is 5.82 Å². The summed E-state index contributed by atoms with van der Waals surface area (Å²) in [7, 11) is 0. The Labute approximate surface area is 102 Å². The fourth-order valence-electron chi connectivity index (χ4n) is 2.28. The van der Waals surface area contributed by atoms with Crippen molar-refractivity contribution < 1.29 is 19.7 Å². The molecule has 1 aromatic heterocycles. The molecule has 0 spiro atoms. The molecule has 98 valence electrons. The van der Waals surface area contributed by atoms with E-state index in [0.29, 0.717) is 5.82 Å². The van der Waals surface area contributed by atoms with Gasteiger partial charge >= 0.3 is 5.69 Å². The number of anilines is 1. The van der Waals surface area contributed by atoms with Crippen LogP contribution in [-0.4, -0.2) is 57.4 Å². The zero-order valence-corrected chi connectivity index (χ0v) is 9.37. The van der Waals surface area contributed by atoms with Crippen molar-refractivity contribution in [2.24, 2.45) is 0 Å². The summed E-state index contributed by atoms with van der Waals surface area (Å²) in [6, 6.07) is 1.56. The van der Waals surface area contributed by atoms with Gasteiger partial charge in [0.2, 0.25) is 0 Å². The van der Waals surface area contributed by atoms with Gasteiger partial charge in [-0.25, -0.2) is 9.78 Å². The molecular formula is C10H13N3O5. The first kappa shape index (κ1) is 11.6. The molecule has 4 N–H and O–H groups in total. The zero-order valence-electron chi connectivity index (χ0n) is 9.37. The molecule has 8 heteroatoms. The summed E-state index contributed by atoms with van der Waals surface area (Å²) in [6.45, 7) is -0.171. The van der Waals surface area contributed by atoms with Gasteiger partial charge in [-0.15, -0.1) is 0 Å². The lowest BCUT2D eigenvalue weighted by molar-refractivity contribution is -0.152. The van der Waals surface area contributed by atoms with Crippen LogP contribution in [0.2, 0.25) is 0 Å². The first-order chi connectivity index (χ1) is 8.64. The number of aliphatic hydroxyl groups is 2. The highest BCUT2D eigenvalue weighted by Gasteiger charge is 2.61. The highest BCUT2D eigenvalue weighted by Crippen LogP contribution is 2.39. The van der Waals surface area contributed by atoms with Crippen LogP contribution in [0.3, 0.4) is 0 Å². The number of aromatic nitrogens is 2. The normalized spacial score (nSPS) is 38.0. The Hall–Kier alpha value is -1.48. The number of nitrogens with zero attached hydrogens (tertiary/aromatic N) is 1. The third kappa shape index (κ3) is 1.62. The molecule has 0 aliphatic carbocycles. The monoisotopic (exact) mass is 255 g/mol. The molecule has 2 aliphatic rings. The third-order valence-corrected chi connectivity index (χ3v) is 3.27. The zero-order chi connectivity index (χ0) is 12.8. The molecule has 0 amide bonds. The van der Waals surface area contributed by atoms with E-state index in [2.05, 4.69) is 15.3 Å². The third-order valence-electron chi connectivity index (χ3n) is 3.27. The number of rotatable bonds is 3. The van der Waals surface area contributed by atoms with Crippen molar-refractivity contribution in [2.45, 2.75) is 24.0 Å². The molecule has 3 heterocycles. The molecule has 2 saturated heterocycles. The number of aliphatic hydroxyl groups excluding tert-OH is 2. The second-order valence-electron chi connectivity index (χ2n) is 4.41. The van der Waals surface area contributed by atoms with E-state index >= 15 is 0 Å². The molecule has 3 rings (SSSR count). The highest BCUT2D eigenvalue weighted by atomic mass is 16.7. The molecule has 4 atom stereocenters. The van der Waals surface area contributed by atoms with E-state index in [0.717, 1.165) is 0 Å². The van der Waals surface area contributed by atoms with Crippen LogP contribution in [0.15, 0.2) is 17.1 Å². The van der Waals surface area contributed by atoms with E-state index in [1.165, 1.54) is 6.20 Å². The minimum Gasteiger partial charge on any atom is -0.393 e. The number of ether oxygens (including phenoxy) is 2. The summed E-state index contributed by atoms with van der Waals surface area (Å²) in [4.78, 5) is 17.0. The topological polar surface area (TPSA) is 117 Å². The molecule has 2 bridgehead atoms. The fraction of sp³-hybridized carbons (Fsp3) is 0.600. The molecular weight excluding hydrogens is 242 g/mol. The van der Waals surface area contributed by atoms with Crippen molar-refractivity contribution in [3.8, 4) is 0 Å². The van der Waals surface area contributed by atoms with Gasteiger partial charge in [0.1, 0.15) is 23.6 Å². The second kappa shape index (κ2) is 4.02. The number of aromatic amines is 1. The van der Waals surface area contributed by atoms with Crippen molar-refractivity contribution in [3.63, 3.8) is 0 Å². The Balaban J connectivity index is 1.78. The quantitative estimate of drug-likeness (QED) is 0.495. The van der Waals surface area contributed by atoms with Gasteiger partial charge in [0, 0.05) is 6.20 Å². The first-order valence-electron chi connectivity index (χ1n) is 5.55. The van der Waals surface area contributed by atoms with E-state index in [1.54, 1.807) is 6.07 Å². The van der Waals surface area contributed by atoms with E-state index in [1.807, 2.05) is 0 Å². The molecule has 18 heavy (non-hydrogen) atoms. The maximum atomic E-state index is 11.0. The van der Waals surface area contributed by atoms with E-state index in [4.69, 9.17) is 9.47 Å². The predicted octanol–water partition coefficient (Wildman–Crippen LogP) is -1.97. The smallest absolute Gasteiger partial charge is 0.346 e. The Morgan fingerprint density at radius 2 is 2.50 bits per heavy atom. The van der Waals surface area contributed by atoms with Crippen LogP contribution in [0, 0.1) is 0 Å². The maximum Gasteiger partial charge on any atom is 0.346 e. The summed E-state index contributed by atoms with van der Waals surface area (Å²) in [5.41, 5.74) is -1.56. The first-order valence-corrected chi connectivity index (χ1v) is 5.55. The molecule has 0 saturated carbocycles. The number of nitrogens with one attached hydrogen (secondary N) is 2. The number of H-pyrrole nitrogens is 1. The van der Waals surface area contributed by atoms with Gasteiger partial charge in [-0.2, -0.15) is 0 Å². The second-order valence-corrected chi connectivity index (χ2v) is 4.41. The fourth-order valence-corrected chi connectivity index (χ4v) is 2.28. The minimum atomic E-state index is -1.07. The lowest BCUT2D eigenvalue weighted by atomic mass is 10.0. The molecule has 0 aromatic carbocycles. The van der Waals surface area contributed by atoms with Crippen molar-refractivity contribution in [1.82, 2.24) is 9.97 Å². The Bertz CT molecular complexity index is 506. The Morgan fingerprint density at radius 1 is 1.67 bits per heavy atom. The largest absolute Gasteiger partial charge is 0.393 e. The minimum absolute atomic E-state index is 0.153. The van der Waals surface area contributed by atoms with Gasteiger partial charge in [-0.05, 0) is 6.07 Å².